The summed E-state index contributed by atoms with van der Waals surface area (Å²) < 4.78 is 0. The molecular formula is C15H23ClN2O. The van der Waals surface area contributed by atoms with E-state index in [0.29, 0.717) is 0 Å². The van der Waals surface area contributed by atoms with Crippen molar-refractivity contribution >= 4 is 18.3 Å². The van der Waals surface area contributed by atoms with Crippen LogP contribution in [0.4, 0.5) is 0 Å². The second kappa shape index (κ2) is 6.92. The third-order valence-corrected chi connectivity index (χ3v) is 3.77. The molecule has 1 aromatic rings. The molecular weight excluding hydrogens is 260 g/mol. The van der Waals surface area contributed by atoms with Gasteiger partial charge in [0, 0.05) is 0 Å². The topological polar surface area (TPSA) is 41.1 Å². The molecule has 106 valence electrons. The minimum Gasteiger partial charge on any atom is -0.348 e. The van der Waals surface area contributed by atoms with Gasteiger partial charge < -0.3 is 10.6 Å². The lowest BCUT2D eigenvalue weighted by Gasteiger charge is -2.18. The predicted octanol–water partition coefficient (Wildman–Crippen LogP) is 2.65. The van der Waals surface area contributed by atoms with Gasteiger partial charge >= 0.3 is 0 Å². The van der Waals surface area contributed by atoms with E-state index in [2.05, 4.69) is 42.7 Å². The van der Waals surface area contributed by atoms with Crippen LogP contribution in [-0.4, -0.2) is 18.5 Å². The van der Waals surface area contributed by atoms with Crippen molar-refractivity contribution in [2.24, 2.45) is 0 Å². The standard InChI is InChI=1S/C15H22N2O.ClH/c1-10-6-7-13(9-11(10)2)12(3)17-15(18)14-5-4-8-16-14;/h6-7,9,12,14,16H,4-5,8H2,1-3H3,(H,17,18);1H. The van der Waals surface area contributed by atoms with E-state index in [0.717, 1.165) is 19.4 Å². The van der Waals surface area contributed by atoms with Crippen LogP contribution < -0.4 is 10.6 Å². The van der Waals surface area contributed by atoms with E-state index >= 15 is 0 Å². The number of rotatable bonds is 3. The Hall–Kier alpha value is -1.06. The smallest absolute Gasteiger partial charge is 0.237 e. The van der Waals surface area contributed by atoms with Crippen LogP contribution >= 0.6 is 12.4 Å². The zero-order valence-corrected chi connectivity index (χ0v) is 12.6. The van der Waals surface area contributed by atoms with Gasteiger partial charge in [-0.3, -0.25) is 4.79 Å². The fourth-order valence-electron chi connectivity index (χ4n) is 2.34. The van der Waals surface area contributed by atoms with E-state index in [-0.39, 0.29) is 30.4 Å². The second-order valence-electron chi connectivity index (χ2n) is 5.22. The first kappa shape index (κ1) is 16.0. The van der Waals surface area contributed by atoms with Crippen LogP contribution in [0.3, 0.4) is 0 Å². The minimum atomic E-state index is -0.000930. The lowest BCUT2D eigenvalue weighted by atomic mass is 10.0. The molecule has 1 aliphatic rings. The third kappa shape index (κ3) is 3.95. The van der Waals surface area contributed by atoms with Crippen LogP contribution in [0, 0.1) is 13.8 Å². The molecule has 2 rings (SSSR count). The summed E-state index contributed by atoms with van der Waals surface area (Å²) in [5.41, 5.74) is 3.73. The Morgan fingerprint density at radius 1 is 1.37 bits per heavy atom. The molecule has 1 heterocycles. The summed E-state index contributed by atoms with van der Waals surface area (Å²) in [5, 5.41) is 6.30. The number of carbonyl (C=O) groups is 1. The largest absolute Gasteiger partial charge is 0.348 e. The first-order chi connectivity index (χ1) is 8.58. The maximum Gasteiger partial charge on any atom is 0.237 e. The van der Waals surface area contributed by atoms with Crippen LogP contribution in [-0.2, 0) is 4.79 Å². The number of amides is 1. The number of hydrogen-bond acceptors (Lipinski definition) is 2. The molecule has 0 saturated carbocycles. The molecule has 4 heteroatoms. The van der Waals surface area contributed by atoms with Crippen LogP contribution in [0.5, 0.6) is 0 Å². The molecule has 2 unspecified atom stereocenters. The molecule has 1 fully saturated rings. The van der Waals surface area contributed by atoms with E-state index in [1.807, 2.05) is 6.92 Å². The van der Waals surface area contributed by atoms with Crippen molar-refractivity contribution in [1.82, 2.24) is 10.6 Å². The fraction of sp³-hybridized carbons (Fsp3) is 0.533. The number of carbonyl (C=O) groups excluding carboxylic acids is 1. The van der Waals surface area contributed by atoms with Gasteiger partial charge in [0.25, 0.3) is 0 Å². The van der Waals surface area contributed by atoms with Crippen molar-refractivity contribution in [2.75, 3.05) is 6.54 Å². The molecule has 0 aromatic heterocycles. The van der Waals surface area contributed by atoms with Gasteiger partial charge in [-0.25, -0.2) is 0 Å². The zero-order valence-electron chi connectivity index (χ0n) is 11.8. The van der Waals surface area contributed by atoms with Crippen molar-refractivity contribution in [2.45, 2.75) is 45.7 Å². The van der Waals surface area contributed by atoms with Crippen LogP contribution in [0.25, 0.3) is 0 Å². The summed E-state index contributed by atoms with van der Waals surface area (Å²) in [6.45, 7) is 7.20. The second-order valence-corrected chi connectivity index (χ2v) is 5.22. The van der Waals surface area contributed by atoms with Gasteiger partial charge in [0.2, 0.25) is 5.91 Å². The molecule has 1 saturated heterocycles. The Labute approximate surface area is 121 Å². The molecule has 2 atom stereocenters. The molecule has 0 spiro atoms. The molecule has 1 aromatic carbocycles. The first-order valence-electron chi connectivity index (χ1n) is 6.69. The Morgan fingerprint density at radius 3 is 2.68 bits per heavy atom. The highest BCUT2D eigenvalue weighted by molar-refractivity contribution is 5.85. The van der Waals surface area contributed by atoms with Gasteiger partial charge in [-0.1, -0.05) is 18.2 Å². The van der Waals surface area contributed by atoms with Crippen LogP contribution in [0.15, 0.2) is 18.2 Å². The van der Waals surface area contributed by atoms with E-state index in [1.165, 1.54) is 16.7 Å². The zero-order chi connectivity index (χ0) is 13.1. The van der Waals surface area contributed by atoms with Gasteiger partial charge in [-0.15, -0.1) is 12.4 Å². The summed E-state index contributed by atoms with van der Waals surface area (Å²) in [4.78, 5) is 12.0. The molecule has 0 bridgehead atoms. The van der Waals surface area contributed by atoms with Crippen molar-refractivity contribution in [1.29, 1.82) is 0 Å². The van der Waals surface area contributed by atoms with Gasteiger partial charge in [0.05, 0.1) is 12.1 Å². The summed E-state index contributed by atoms with van der Waals surface area (Å²) in [6, 6.07) is 6.43. The summed E-state index contributed by atoms with van der Waals surface area (Å²) in [6.07, 6.45) is 2.04. The Balaban J connectivity index is 0.00000180. The molecule has 0 aliphatic carbocycles. The number of hydrogen-bond donors (Lipinski definition) is 2. The fourth-order valence-corrected chi connectivity index (χ4v) is 2.34. The molecule has 1 amide bonds. The molecule has 2 N–H and O–H groups in total. The SMILES string of the molecule is Cc1ccc(C(C)NC(=O)C2CCCN2)cc1C.Cl. The number of aryl methyl sites for hydroxylation is 2. The van der Waals surface area contributed by atoms with E-state index in [1.54, 1.807) is 0 Å². The highest BCUT2D eigenvalue weighted by Crippen LogP contribution is 2.17. The molecule has 3 nitrogen and oxygen atoms in total. The number of benzene rings is 1. The molecule has 1 aliphatic heterocycles. The highest BCUT2D eigenvalue weighted by Gasteiger charge is 2.23. The minimum absolute atomic E-state index is 0. The highest BCUT2D eigenvalue weighted by atomic mass is 35.5. The summed E-state index contributed by atoms with van der Waals surface area (Å²) in [5.74, 6) is 0.123. The van der Waals surface area contributed by atoms with Crippen molar-refractivity contribution in [3.05, 3.63) is 34.9 Å². The lowest BCUT2D eigenvalue weighted by Crippen LogP contribution is -2.41. The summed E-state index contributed by atoms with van der Waals surface area (Å²) in [7, 11) is 0. The monoisotopic (exact) mass is 282 g/mol. The average Bonchev–Trinajstić information content (AvgIpc) is 2.86. The van der Waals surface area contributed by atoms with Gasteiger partial charge in [-0.2, -0.15) is 0 Å². The van der Waals surface area contributed by atoms with Gasteiger partial charge in [-0.05, 0) is 56.8 Å². The van der Waals surface area contributed by atoms with Crippen molar-refractivity contribution in [3.63, 3.8) is 0 Å². The molecule has 19 heavy (non-hydrogen) atoms. The molecule has 0 radical (unpaired) electrons. The quantitative estimate of drug-likeness (QED) is 0.895. The van der Waals surface area contributed by atoms with Crippen LogP contribution in [0.1, 0.15) is 42.5 Å². The average molecular weight is 283 g/mol. The van der Waals surface area contributed by atoms with Crippen molar-refractivity contribution < 1.29 is 4.79 Å². The summed E-state index contributed by atoms with van der Waals surface area (Å²) >= 11 is 0. The Kier molecular flexibility index (Phi) is 5.83. The maximum absolute atomic E-state index is 12.0. The number of nitrogens with one attached hydrogen (secondary N) is 2. The maximum atomic E-state index is 12.0. The number of halogens is 1. The van der Waals surface area contributed by atoms with Gasteiger partial charge in [0.1, 0.15) is 0 Å². The predicted molar refractivity (Wildman–Crippen MR) is 80.7 cm³/mol. The lowest BCUT2D eigenvalue weighted by molar-refractivity contribution is -0.123. The van der Waals surface area contributed by atoms with E-state index in [9.17, 15) is 4.79 Å². The van der Waals surface area contributed by atoms with Crippen molar-refractivity contribution in [3.8, 4) is 0 Å². The van der Waals surface area contributed by atoms with E-state index < -0.39 is 0 Å². The van der Waals surface area contributed by atoms with E-state index in [4.69, 9.17) is 0 Å². The van der Waals surface area contributed by atoms with Gasteiger partial charge in [0.15, 0.2) is 0 Å². The Bertz CT molecular complexity index is 442. The Morgan fingerprint density at radius 2 is 2.11 bits per heavy atom. The first-order valence-corrected chi connectivity index (χ1v) is 6.69. The normalized spacial score (nSPS) is 19.6. The van der Waals surface area contributed by atoms with Crippen LogP contribution in [0.2, 0.25) is 0 Å². The third-order valence-electron chi connectivity index (χ3n) is 3.77.